The third-order valence-electron chi connectivity index (χ3n) is 7.96. The summed E-state index contributed by atoms with van der Waals surface area (Å²) in [6, 6.07) is 49.0. The predicted molar refractivity (Wildman–Crippen MR) is 173 cm³/mol. The van der Waals surface area contributed by atoms with Crippen molar-refractivity contribution in [1.82, 2.24) is 4.98 Å². The van der Waals surface area contributed by atoms with Crippen LogP contribution < -0.4 is 15.9 Å². The van der Waals surface area contributed by atoms with Gasteiger partial charge in [-0.3, -0.25) is 0 Å². The van der Waals surface area contributed by atoms with E-state index in [4.69, 9.17) is 9.40 Å². The van der Waals surface area contributed by atoms with Crippen molar-refractivity contribution in [3.8, 4) is 11.3 Å². The van der Waals surface area contributed by atoms with Crippen LogP contribution in [0.15, 0.2) is 150 Å². The highest BCUT2D eigenvalue weighted by molar-refractivity contribution is 7.91. The van der Waals surface area contributed by atoms with Crippen molar-refractivity contribution < 1.29 is 9.31 Å². The van der Waals surface area contributed by atoms with E-state index in [1.165, 1.54) is 0 Å². The summed E-state index contributed by atoms with van der Waals surface area (Å²) in [4.78, 5) is 17.8. The molecule has 41 heavy (non-hydrogen) atoms. The number of hydrogen-bond donors (Lipinski definition) is 1. The lowest BCUT2D eigenvalue weighted by atomic mass is 9.98. The molecule has 8 aromatic rings. The number of furan rings is 1. The number of nitrogens with zero attached hydrogens (tertiary/aromatic N) is 1. The Morgan fingerprint density at radius 2 is 1.12 bits per heavy atom. The normalized spacial score (nSPS) is 12.0. The smallest absolute Gasteiger partial charge is 0.238 e. The molecule has 0 fully saturated rings. The van der Waals surface area contributed by atoms with Gasteiger partial charge in [0.05, 0.1) is 11.2 Å². The van der Waals surface area contributed by atoms with Crippen LogP contribution in [0.4, 0.5) is 0 Å². The molecular weight excluding hydrogens is 521 g/mol. The van der Waals surface area contributed by atoms with Crippen molar-refractivity contribution in [3.05, 3.63) is 146 Å². The highest BCUT2D eigenvalue weighted by Crippen LogP contribution is 2.51. The molecule has 0 radical (unpaired) electrons. The minimum Gasteiger partial charge on any atom is -0.455 e. The second kappa shape index (κ2) is 9.38. The number of benzene rings is 6. The van der Waals surface area contributed by atoms with Gasteiger partial charge in [0.2, 0.25) is 7.49 Å². The van der Waals surface area contributed by atoms with E-state index in [0.717, 1.165) is 70.8 Å². The summed E-state index contributed by atoms with van der Waals surface area (Å²) in [6.07, 6.45) is 0. The van der Waals surface area contributed by atoms with Crippen molar-refractivity contribution in [2.75, 3.05) is 0 Å². The second-order valence-electron chi connectivity index (χ2n) is 10.3. The minimum absolute atomic E-state index is 0.871. The molecule has 0 saturated heterocycles. The SMILES string of the molecule is O[P+](c1ccccc1)(c1ccccc1)c1cccc(-c2nc3ccccc3c3c2ccc2c4ccccc4oc23)c1. The monoisotopic (exact) mass is 546 g/mol. The van der Waals surface area contributed by atoms with E-state index in [9.17, 15) is 4.89 Å². The van der Waals surface area contributed by atoms with Gasteiger partial charge in [-0.15, -0.1) is 0 Å². The predicted octanol–water partition coefficient (Wildman–Crippen LogP) is 8.16. The standard InChI is InChI=1S/C37H25NO2P/c39-41(26-13-3-1-4-14-26,27-15-5-2-6-16-27)28-17-11-12-25(24-28)36-32-23-22-30-29-18-8-10-21-34(29)40-37(30)35(32)31-19-7-9-20-33(31)38-36/h1-24,39H/q+1. The topological polar surface area (TPSA) is 46.3 Å². The lowest BCUT2D eigenvalue weighted by Crippen LogP contribution is -2.30. The Kier molecular flexibility index (Phi) is 5.50. The van der Waals surface area contributed by atoms with Crippen LogP contribution in [0.3, 0.4) is 0 Å². The Morgan fingerprint density at radius 1 is 0.512 bits per heavy atom. The Balaban J connectivity index is 1.42. The summed E-state index contributed by atoms with van der Waals surface area (Å²) in [5.74, 6) is 0. The molecule has 0 spiro atoms. The summed E-state index contributed by atoms with van der Waals surface area (Å²) in [7, 11) is -2.89. The minimum atomic E-state index is -2.89. The van der Waals surface area contributed by atoms with Gasteiger partial charge in [-0.1, -0.05) is 91.0 Å². The molecule has 0 aliphatic rings. The molecule has 0 amide bonds. The van der Waals surface area contributed by atoms with E-state index in [1.54, 1.807) is 0 Å². The first-order valence-corrected chi connectivity index (χ1v) is 15.4. The maximum atomic E-state index is 12.6. The van der Waals surface area contributed by atoms with Gasteiger partial charge in [0, 0.05) is 32.5 Å². The van der Waals surface area contributed by atoms with Crippen molar-refractivity contribution >= 4 is 67.0 Å². The molecule has 1 N–H and O–H groups in total. The Bertz CT molecular complexity index is 2180. The van der Waals surface area contributed by atoms with Crippen LogP contribution in [0, 0.1) is 0 Å². The summed E-state index contributed by atoms with van der Waals surface area (Å²) in [5, 5.41) is 8.07. The van der Waals surface area contributed by atoms with Gasteiger partial charge in [-0.25, -0.2) is 9.88 Å². The van der Waals surface area contributed by atoms with Crippen LogP contribution in [0.2, 0.25) is 0 Å². The summed E-state index contributed by atoms with van der Waals surface area (Å²) >= 11 is 0. The average molecular weight is 547 g/mol. The largest absolute Gasteiger partial charge is 0.455 e. The average Bonchev–Trinajstić information content (AvgIpc) is 3.44. The molecule has 4 heteroatoms. The van der Waals surface area contributed by atoms with Crippen molar-refractivity contribution in [1.29, 1.82) is 0 Å². The molecule has 3 nitrogen and oxygen atoms in total. The third kappa shape index (κ3) is 3.71. The number of rotatable bonds is 4. The Morgan fingerprint density at radius 3 is 1.88 bits per heavy atom. The first-order valence-electron chi connectivity index (χ1n) is 13.7. The summed E-state index contributed by atoms with van der Waals surface area (Å²) < 4.78 is 6.50. The highest BCUT2D eigenvalue weighted by atomic mass is 31.2. The molecular formula is C37H25NO2P+. The maximum Gasteiger partial charge on any atom is 0.238 e. The van der Waals surface area contributed by atoms with Gasteiger partial charge >= 0.3 is 0 Å². The van der Waals surface area contributed by atoms with Crippen LogP contribution in [0.5, 0.6) is 0 Å². The molecule has 2 heterocycles. The molecule has 0 unspecified atom stereocenters. The zero-order chi connectivity index (χ0) is 27.4. The van der Waals surface area contributed by atoms with E-state index >= 15 is 0 Å². The number of para-hydroxylation sites is 2. The molecule has 0 aliphatic carbocycles. The van der Waals surface area contributed by atoms with Crippen LogP contribution in [-0.2, 0) is 0 Å². The fourth-order valence-corrected chi connectivity index (χ4v) is 8.76. The molecule has 194 valence electrons. The molecule has 8 rings (SSSR count). The highest BCUT2D eigenvalue weighted by Gasteiger charge is 2.44. The van der Waals surface area contributed by atoms with Gasteiger partial charge in [0.15, 0.2) is 0 Å². The fourth-order valence-electron chi connectivity index (χ4n) is 6.03. The van der Waals surface area contributed by atoms with E-state index in [0.29, 0.717) is 0 Å². The van der Waals surface area contributed by atoms with Crippen molar-refractivity contribution in [3.63, 3.8) is 0 Å². The van der Waals surface area contributed by atoms with Crippen LogP contribution in [-0.4, -0.2) is 9.88 Å². The molecule has 0 atom stereocenters. The van der Waals surface area contributed by atoms with Crippen molar-refractivity contribution in [2.24, 2.45) is 0 Å². The zero-order valence-electron chi connectivity index (χ0n) is 22.1. The zero-order valence-corrected chi connectivity index (χ0v) is 23.0. The fraction of sp³-hybridized carbons (Fsp3) is 0. The number of fused-ring (bicyclic) bond motifs is 7. The molecule has 0 bridgehead atoms. The van der Waals surface area contributed by atoms with Crippen LogP contribution in [0.25, 0.3) is 54.9 Å². The Hall–Kier alpha value is -4.82. The van der Waals surface area contributed by atoms with E-state index in [-0.39, 0.29) is 0 Å². The first kappa shape index (κ1) is 24.0. The molecule has 0 saturated carbocycles. The van der Waals surface area contributed by atoms with E-state index in [2.05, 4.69) is 48.5 Å². The quantitative estimate of drug-likeness (QED) is 0.179. The second-order valence-corrected chi connectivity index (χ2v) is 13.1. The summed E-state index contributed by atoms with van der Waals surface area (Å²) in [5.41, 5.74) is 4.48. The van der Waals surface area contributed by atoms with E-state index in [1.807, 2.05) is 97.1 Å². The lowest BCUT2D eigenvalue weighted by molar-refractivity contribution is 0.633. The van der Waals surface area contributed by atoms with Gasteiger partial charge in [0.1, 0.15) is 27.1 Å². The lowest BCUT2D eigenvalue weighted by Gasteiger charge is -2.21. The third-order valence-corrected chi connectivity index (χ3v) is 11.1. The van der Waals surface area contributed by atoms with Gasteiger partial charge in [-0.05, 0) is 54.6 Å². The van der Waals surface area contributed by atoms with Crippen LogP contribution in [0.1, 0.15) is 0 Å². The van der Waals surface area contributed by atoms with Gasteiger partial charge in [0.25, 0.3) is 0 Å². The maximum absolute atomic E-state index is 12.6. The van der Waals surface area contributed by atoms with Crippen molar-refractivity contribution in [2.45, 2.75) is 0 Å². The molecule has 0 aliphatic heterocycles. The first-order chi connectivity index (χ1) is 20.2. The summed E-state index contributed by atoms with van der Waals surface area (Å²) in [6.45, 7) is 0. The number of hydrogen-bond acceptors (Lipinski definition) is 3. The van der Waals surface area contributed by atoms with Gasteiger partial charge in [-0.2, -0.15) is 0 Å². The van der Waals surface area contributed by atoms with Crippen LogP contribution >= 0.6 is 7.49 Å². The van der Waals surface area contributed by atoms with Gasteiger partial charge < -0.3 is 4.42 Å². The number of pyridine rings is 1. The van der Waals surface area contributed by atoms with E-state index < -0.39 is 7.49 Å². The molecule has 6 aromatic carbocycles. The number of aromatic nitrogens is 1. The molecule has 2 aromatic heterocycles. The Labute approximate surface area is 237 Å².